The maximum absolute atomic E-state index is 4.75. The third kappa shape index (κ3) is 2.78. The Morgan fingerprint density at radius 1 is 1.20 bits per heavy atom. The number of hydrogen-bond acceptors (Lipinski definition) is 2. The van der Waals surface area contributed by atoms with Crippen LogP contribution in [-0.2, 0) is 6.54 Å². The van der Waals surface area contributed by atoms with Gasteiger partial charge in [0, 0.05) is 17.8 Å². The first-order valence-corrected chi connectivity index (χ1v) is 7.41. The minimum Gasteiger partial charge on any atom is -0.313 e. The highest BCUT2D eigenvalue weighted by atomic mass is 15.3. The summed E-state index contributed by atoms with van der Waals surface area (Å²) in [5.74, 6) is 0.493. The highest BCUT2D eigenvalue weighted by Crippen LogP contribution is 2.25. The van der Waals surface area contributed by atoms with Crippen molar-refractivity contribution in [1.82, 2.24) is 15.1 Å². The molecule has 0 aliphatic heterocycles. The molecule has 0 atom stereocenters. The number of benzene rings is 1. The van der Waals surface area contributed by atoms with Crippen molar-refractivity contribution in [1.29, 1.82) is 0 Å². The van der Waals surface area contributed by atoms with Gasteiger partial charge >= 0.3 is 0 Å². The molecule has 1 N–H and O–H groups in total. The molecule has 0 aliphatic rings. The Hall–Kier alpha value is -1.61. The van der Waals surface area contributed by atoms with Crippen molar-refractivity contribution >= 4 is 0 Å². The van der Waals surface area contributed by atoms with Gasteiger partial charge in [-0.2, -0.15) is 5.10 Å². The van der Waals surface area contributed by atoms with Crippen LogP contribution < -0.4 is 5.32 Å². The van der Waals surface area contributed by atoms with Gasteiger partial charge in [0.25, 0.3) is 0 Å². The lowest BCUT2D eigenvalue weighted by Crippen LogP contribution is -2.13. The summed E-state index contributed by atoms with van der Waals surface area (Å²) in [5, 5.41) is 8.15. The summed E-state index contributed by atoms with van der Waals surface area (Å²) in [7, 11) is 0. The van der Waals surface area contributed by atoms with E-state index in [1.807, 2.05) is 0 Å². The minimum absolute atomic E-state index is 0.493. The van der Waals surface area contributed by atoms with Gasteiger partial charge in [-0.05, 0) is 37.9 Å². The molecule has 0 saturated heterocycles. The predicted molar refractivity (Wildman–Crippen MR) is 84.5 cm³/mol. The average molecular weight is 271 g/mol. The molecule has 1 aromatic heterocycles. The number of rotatable bonds is 5. The van der Waals surface area contributed by atoms with Crippen LogP contribution in [0, 0.1) is 13.8 Å². The van der Waals surface area contributed by atoms with Gasteiger partial charge in [-0.1, -0.05) is 39.0 Å². The van der Waals surface area contributed by atoms with E-state index in [0.717, 1.165) is 18.8 Å². The molecule has 0 bridgehead atoms. The molecule has 0 radical (unpaired) electrons. The second kappa shape index (κ2) is 6.23. The van der Waals surface area contributed by atoms with E-state index < -0.39 is 0 Å². The van der Waals surface area contributed by atoms with Crippen molar-refractivity contribution < 1.29 is 0 Å². The molecule has 1 aromatic carbocycles. The van der Waals surface area contributed by atoms with Crippen LogP contribution in [0.4, 0.5) is 0 Å². The van der Waals surface area contributed by atoms with Gasteiger partial charge in [0.05, 0.1) is 11.4 Å². The topological polar surface area (TPSA) is 29.9 Å². The summed E-state index contributed by atoms with van der Waals surface area (Å²) in [6, 6.07) is 8.54. The molecule has 2 rings (SSSR count). The van der Waals surface area contributed by atoms with E-state index in [1.54, 1.807) is 0 Å². The lowest BCUT2D eigenvalue weighted by atomic mass is 10.0. The molecule has 0 aliphatic carbocycles. The van der Waals surface area contributed by atoms with Crippen molar-refractivity contribution in [3.8, 4) is 5.69 Å². The van der Waals surface area contributed by atoms with Gasteiger partial charge in [-0.3, -0.25) is 0 Å². The molecule has 3 heteroatoms. The molecule has 1 heterocycles. The van der Waals surface area contributed by atoms with Gasteiger partial charge in [0.2, 0.25) is 0 Å². The summed E-state index contributed by atoms with van der Waals surface area (Å²) in [6.45, 7) is 12.7. The van der Waals surface area contributed by atoms with Crippen molar-refractivity contribution in [2.75, 3.05) is 6.54 Å². The van der Waals surface area contributed by atoms with Gasteiger partial charge in [-0.15, -0.1) is 0 Å². The fraction of sp³-hybridized carbons (Fsp3) is 0.471. The highest BCUT2D eigenvalue weighted by Gasteiger charge is 2.15. The van der Waals surface area contributed by atoms with Crippen LogP contribution in [0.2, 0.25) is 0 Å². The molecule has 0 fully saturated rings. The molecule has 0 spiro atoms. The van der Waals surface area contributed by atoms with Crippen LogP contribution in [0.1, 0.15) is 49.2 Å². The van der Waals surface area contributed by atoms with Crippen molar-refractivity contribution in [2.24, 2.45) is 0 Å². The zero-order valence-corrected chi connectivity index (χ0v) is 13.2. The maximum Gasteiger partial charge on any atom is 0.0683 e. The van der Waals surface area contributed by atoms with Gasteiger partial charge in [0.15, 0.2) is 0 Å². The summed E-state index contributed by atoms with van der Waals surface area (Å²) in [4.78, 5) is 0. The molecule has 0 amide bonds. The van der Waals surface area contributed by atoms with Crippen LogP contribution in [-0.4, -0.2) is 16.3 Å². The first-order chi connectivity index (χ1) is 9.56. The summed E-state index contributed by atoms with van der Waals surface area (Å²) < 4.78 is 2.09. The number of aryl methyl sites for hydroxylation is 1. The lowest BCUT2D eigenvalue weighted by Gasteiger charge is -2.14. The zero-order chi connectivity index (χ0) is 14.7. The Morgan fingerprint density at radius 2 is 1.90 bits per heavy atom. The average Bonchev–Trinajstić information content (AvgIpc) is 2.71. The third-order valence-electron chi connectivity index (χ3n) is 3.78. The summed E-state index contributed by atoms with van der Waals surface area (Å²) >= 11 is 0. The van der Waals surface area contributed by atoms with E-state index in [9.17, 15) is 0 Å². The van der Waals surface area contributed by atoms with Gasteiger partial charge < -0.3 is 5.32 Å². The molecule has 108 valence electrons. The number of aromatic nitrogens is 2. The van der Waals surface area contributed by atoms with Crippen LogP contribution in [0.3, 0.4) is 0 Å². The van der Waals surface area contributed by atoms with Crippen LogP contribution in [0.5, 0.6) is 0 Å². The van der Waals surface area contributed by atoms with Crippen molar-refractivity contribution in [3.05, 3.63) is 46.8 Å². The molecule has 0 saturated carbocycles. The zero-order valence-electron chi connectivity index (χ0n) is 13.2. The summed E-state index contributed by atoms with van der Waals surface area (Å²) in [6.07, 6.45) is 0. The van der Waals surface area contributed by atoms with Gasteiger partial charge in [-0.25, -0.2) is 4.68 Å². The number of nitrogens with zero attached hydrogens (tertiary/aromatic N) is 2. The van der Waals surface area contributed by atoms with E-state index in [2.05, 4.69) is 68.9 Å². The largest absolute Gasteiger partial charge is 0.313 e. The fourth-order valence-corrected chi connectivity index (χ4v) is 2.58. The Kier molecular flexibility index (Phi) is 4.61. The maximum atomic E-state index is 4.75. The number of para-hydroxylation sites is 1. The van der Waals surface area contributed by atoms with E-state index in [1.165, 1.54) is 22.5 Å². The molecular weight excluding hydrogens is 246 g/mol. The predicted octanol–water partition coefficient (Wildman–Crippen LogP) is 3.72. The molecule has 20 heavy (non-hydrogen) atoms. The Morgan fingerprint density at radius 3 is 2.55 bits per heavy atom. The van der Waals surface area contributed by atoms with Crippen LogP contribution >= 0.6 is 0 Å². The quantitative estimate of drug-likeness (QED) is 0.898. The van der Waals surface area contributed by atoms with E-state index in [4.69, 9.17) is 5.10 Å². The van der Waals surface area contributed by atoms with Crippen LogP contribution in [0.15, 0.2) is 24.3 Å². The first kappa shape index (κ1) is 14.8. The van der Waals surface area contributed by atoms with Crippen molar-refractivity contribution in [3.63, 3.8) is 0 Å². The minimum atomic E-state index is 0.493. The molecule has 0 unspecified atom stereocenters. The smallest absolute Gasteiger partial charge is 0.0683 e. The third-order valence-corrected chi connectivity index (χ3v) is 3.78. The van der Waals surface area contributed by atoms with Crippen molar-refractivity contribution in [2.45, 2.75) is 47.1 Å². The Balaban J connectivity index is 2.49. The SMILES string of the molecule is CCNCc1c(C)nn(-c2ccccc2C(C)C)c1C. The lowest BCUT2D eigenvalue weighted by molar-refractivity contribution is 0.719. The molecule has 2 aromatic rings. The molecule has 3 nitrogen and oxygen atoms in total. The fourth-order valence-electron chi connectivity index (χ4n) is 2.58. The number of hydrogen-bond donors (Lipinski definition) is 1. The standard InChI is InChI=1S/C17H25N3/c1-6-18-11-16-13(4)19-20(14(16)5)17-10-8-7-9-15(17)12(2)3/h7-10,12,18H,6,11H2,1-5H3. The van der Waals surface area contributed by atoms with E-state index in [0.29, 0.717) is 5.92 Å². The molecular formula is C17H25N3. The Labute approximate surface area is 122 Å². The van der Waals surface area contributed by atoms with E-state index in [-0.39, 0.29) is 0 Å². The highest BCUT2D eigenvalue weighted by molar-refractivity contribution is 5.45. The second-order valence-corrected chi connectivity index (χ2v) is 5.56. The summed E-state index contributed by atoms with van der Waals surface area (Å²) in [5.41, 5.74) is 6.20. The van der Waals surface area contributed by atoms with Crippen LogP contribution in [0.25, 0.3) is 5.69 Å². The van der Waals surface area contributed by atoms with E-state index >= 15 is 0 Å². The second-order valence-electron chi connectivity index (χ2n) is 5.56. The number of nitrogens with one attached hydrogen (secondary N) is 1. The first-order valence-electron chi connectivity index (χ1n) is 7.41. The normalized spacial score (nSPS) is 11.3. The Bertz CT molecular complexity index is 582. The monoisotopic (exact) mass is 271 g/mol. The van der Waals surface area contributed by atoms with Gasteiger partial charge in [0.1, 0.15) is 0 Å².